The van der Waals surface area contributed by atoms with Gasteiger partial charge < -0.3 is 10.1 Å². The zero-order valence-electron chi connectivity index (χ0n) is 12.7. The Labute approximate surface area is 130 Å². The molecule has 0 atom stereocenters. The van der Waals surface area contributed by atoms with Crippen LogP contribution in [0.5, 0.6) is 5.75 Å². The highest BCUT2D eigenvalue weighted by Crippen LogP contribution is 2.32. The number of methoxy groups -OCH3 is 1. The van der Waals surface area contributed by atoms with Crippen LogP contribution < -0.4 is 10.1 Å². The maximum absolute atomic E-state index is 5.44. The van der Waals surface area contributed by atoms with Crippen molar-refractivity contribution in [2.45, 2.75) is 13.3 Å². The quantitative estimate of drug-likeness (QED) is 0.927. The Morgan fingerprint density at radius 2 is 2.05 bits per heavy atom. The molecule has 1 radical (unpaired) electrons. The molecule has 0 saturated carbocycles. The topological polar surface area (TPSA) is 47.0 Å². The fraction of sp³-hybridized carbons (Fsp3) is 0.167. The third kappa shape index (κ3) is 2.86. The first-order chi connectivity index (χ1) is 10.8. The van der Waals surface area contributed by atoms with Gasteiger partial charge in [-0.25, -0.2) is 9.97 Å². The van der Waals surface area contributed by atoms with Gasteiger partial charge in [0.25, 0.3) is 0 Å². The van der Waals surface area contributed by atoms with E-state index in [1.165, 1.54) is 0 Å². The summed E-state index contributed by atoms with van der Waals surface area (Å²) in [5.74, 6) is 1.62. The summed E-state index contributed by atoms with van der Waals surface area (Å²) < 4.78 is 5.44. The smallest absolute Gasteiger partial charge is 0.137 e. The number of ether oxygens (including phenoxy) is 1. The van der Waals surface area contributed by atoms with E-state index in [2.05, 4.69) is 27.8 Å². The molecule has 0 saturated heterocycles. The summed E-state index contributed by atoms with van der Waals surface area (Å²) in [6.45, 7) is 2.02. The lowest BCUT2D eigenvalue weighted by molar-refractivity contribution is 0.416. The van der Waals surface area contributed by atoms with Crippen molar-refractivity contribution in [3.8, 4) is 17.0 Å². The average Bonchev–Trinajstić information content (AvgIpc) is 2.58. The lowest BCUT2D eigenvalue weighted by atomic mass is 10.1. The molecule has 1 aromatic heterocycles. The second kappa shape index (κ2) is 6.43. The van der Waals surface area contributed by atoms with Crippen molar-refractivity contribution in [1.29, 1.82) is 0 Å². The molecule has 3 rings (SSSR count). The van der Waals surface area contributed by atoms with Gasteiger partial charge in [0.05, 0.1) is 12.8 Å². The molecule has 1 aromatic carbocycles. The number of hydrogen-bond acceptors (Lipinski definition) is 4. The lowest BCUT2D eigenvalue weighted by Gasteiger charge is -2.15. The molecule has 0 amide bonds. The van der Waals surface area contributed by atoms with E-state index in [0.29, 0.717) is 0 Å². The summed E-state index contributed by atoms with van der Waals surface area (Å²) >= 11 is 0. The molecule has 0 bridgehead atoms. The van der Waals surface area contributed by atoms with Gasteiger partial charge in [-0.2, -0.15) is 0 Å². The van der Waals surface area contributed by atoms with E-state index >= 15 is 0 Å². The van der Waals surface area contributed by atoms with E-state index in [-0.39, 0.29) is 0 Å². The highest BCUT2D eigenvalue weighted by molar-refractivity contribution is 5.73. The number of allylic oxidation sites excluding steroid dienone is 3. The minimum Gasteiger partial charge on any atom is -0.496 e. The van der Waals surface area contributed by atoms with Gasteiger partial charge in [0.1, 0.15) is 17.9 Å². The van der Waals surface area contributed by atoms with Crippen LogP contribution in [0.4, 0.5) is 5.82 Å². The van der Waals surface area contributed by atoms with Crippen molar-refractivity contribution in [2.24, 2.45) is 0 Å². The van der Waals surface area contributed by atoms with Crippen LogP contribution in [0, 0.1) is 13.3 Å². The van der Waals surface area contributed by atoms with Crippen LogP contribution >= 0.6 is 0 Å². The zero-order valence-corrected chi connectivity index (χ0v) is 12.7. The van der Waals surface area contributed by atoms with E-state index in [0.717, 1.165) is 40.5 Å². The summed E-state index contributed by atoms with van der Waals surface area (Å²) in [7, 11) is 1.67. The monoisotopic (exact) mass is 292 g/mol. The predicted molar refractivity (Wildman–Crippen MR) is 88.5 cm³/mol. The fourth-order valence-electron chi connectivity index (χ4n) is 2.43. The largest absolute Gasteiger partial charge is 0.496 e. The maximum atomic E-state index is 5.44. The first kappa shape index (κ1) is 14.3. The number of nitrogens with one attached hydrogen (secondary N) is 1. The molecule has 0 spiro atoms. The molecule has 111 valence electrons. The van der Waals surface area contributed by atoms with Crippen LogP contribution in [-0.4, -0.2) is 17.1 Å². The van der Waals surface area contributed by atoms with Gasteiger partial charge in [0.2, 0.25) is 0 Å². The van der Waals surface area contributed by atoms with Crippen molar-refractivity contribution in [3.05, 3.63) is 66.5 Å². The van der Waals surface area contributed by atoms with Gasteiger partial charge in [-0.15, -0.1) is 0 Å². The summed E-state index contributed by atoms with van der Waals surface area (Å²) in [5, 5.41) is 3.36. The van der Waals surface area contributed by atoms with Crippen molar-refractivity contribution < 1.29 is 4.74 Å². The van der Waals surface area contributed by atoms with Gasteiger partial charge in [-0.3, -0.25) is 0 Å². The highest BCUT2D eigenvalue weighted by atomic mass is 16.5. The van der Waals surface area contributed by atoms with Gasteiger partial charge >= 0.3 is 0 Å². The third-order valence-electron chi connectivity index (χ3n) is 3.59. The molecule has 4 nitrogen and oxygen atoms in total. The SMILES string of the molecule is COc1ccccc1-c1ncnc(NC2=CC[CH]C=C2)c1C. The summed E-state index contributed by atoms with van der Waals surface area (Å²) in [4.78, 5) is 8.80. The first-order valence-electron chi connectivity index (χ1n) is 7.21. The first-order valence-corrected chi connectivity index (χ1v) is 7.21. The van der Waals surface area contributed by atoms with Crippen LogP contribution in [-0.2, 0) is 0 Å². The van der Waals surface area contributed by atoms with E-state index in [1.807, 2.05) is 43.3 Å². The standard InChI is InChI=1S/C18H18N3O/c1-13-17(15-10-6-7-11-16(15)22-2)19-12-20-18(13)21-14-8-4-3-5-9-14/h3-4,6-12H,5H2,1-2H3,(H,19,20,21). The number of hydrogen-bond donors (Lipinski definition) is 1. The normalized spacial score (nSPS) is 13.6. The van der Waals surface area contributed by atoms with Crippen molar-refractivity contribution in [3.63, 3.8) is 0 Å². The number of benzene rings is 1. The van der Waals surface area contributed by atoms with E-state index in [1.54, 1.807) is 13.4 Å². The molecule has 22 heavy (non-hydrogen) atoms. The molecule has 0 unspecified atom stereocenters. The molecular weight excluding hydrogens is 274 g/mol. The Morgan fingerprint density at radius 3 is 2.82 bits per heavy atom. The fourth-order valence-corrected chi connectivity index (χ4v) is 2.43. The third-order valence-corrected chi connectivity index (χ3v) is 3.59. The second-order valence-electron chi connectivity index (χ2n) is 5.01. The molecule has 1 N–H and O–H groups in total. The van der Waals surface area contributed by atoms with Gasteiger partial charge in [0.15, 0.2) is 0 Å². The zero-order chi connectivity index (χ0) is 15.4. The Morgan fingerprint density at radius 1 is 1.18 bits per heavy atom. The molecule has 1 heterocycles. The van der Waals surface area contributed by atoms with Crippen LogP contribution in [0.15, 0.2) is 54.5 Å². The van der Waals surface area contributed by atoms with Crippen molar-refractivity contribution in [1.82, 2.24) is 9.97 Å². The molecular formula is C18H18N3O. The summed E-state index contributed by atoms with van der Waals surface area (Å²) in [5.41, 5.74) is 3.89. The average molecular weight is 292 g/mol. The van der Waals surface area contributed by atoms with Crippen LogP contribution in [0.2, 0.25) is 0 Å². The van der Waals surface area contributed by atoms with Crippen molar-refractivity contribution in [2.75, 3.05) is 12.4 Å². The minimum atomic E-state index is 0.807. The number of anilines is 1. The van der Waals surface area contributed by atoms with Gasteiger partial charge in [-0.05, 0) is 38.0 Å². The van der Waals surface area contributed by atoms with E-state index in [4.69, 9.17) is 4.74 Å². The number of nitrogens with zero attached hydrogens (tertiary/aromatic N) is 2. The minimum absolute atomic E-state index is 0.807. The maximum Gasteiger partial charge on any atom is 0.137 e. The van der Waals surface area contributed by atoms with Crippen LogP contribution in [0.25, 0.3) is 11.3 Å². The van der Waals surface area contributed by atoms with E-state index < -0.39 is 0 Å². The number of para-hydroxylation sites is 1. The Balaban J connectivity index is 1.98. The van der Waals surface area contributed by atoms with Crippen molar-refractivity contribution >= 4 is 5.82 Å². The predicted octanol–water partition coefficient (Wildman–Crippen LogP) is 3.92. The molecule has 0 fully saturated rings. The Hall–Kier alpha value is -2.62. The second-order valence-corrected chi connectivity index (χ2v) is 5.01. The molecule has 1 aliphatic rings. The Kier molecular flexibility index (Phi) is 4.19. The van der Waals surface area contributed by atoms with Gasteiger partial charge in [0, 0.05) is 16.8 Å². The molecule has 4 heteroatoms. The van der Waals surface area contributed by atoms with E-state index in [9.17, 15) is 0 Å². The summed E-state index contributed by atoms with van der Waals surface area (Å²) in [6.07, 6.45) is 10.8. The summed E-state index contributed by atoms with van der Waals surface area (Å²) in [6, 6.07) is 7.87. The highest BCUT2D eigenvalue weighted by Gasteiger charge is 2.13. The molecule has 0 aliphatic heterocycles. The van der Waals surface area contributed by atoms with Crippen LogP contribution in [0.1, 0.15) is 12.0 Å². The van der Waals surface area contributed by atoms with Gasteiger partial charge in [-0.1, -0.05) is 24.3 Å². The van der Waals surface area contributed by atoms with Crippen LogP contribution in [0.3, 0.4) is 0 Å². The number of aromatic nitrogens is 2. The molecule has 1 aliphatic carbocycles. The Bertz CT molecular complexity index is 735. The molecule has 2 aromatic rings. The lowest BCUT2D eigenvalue weighted by Crippen LogP contribution is -2.05. The number of rotatable bonds is 4.